The van der Waals surface area contributed by atoms with Crippen molar-refractivity contribution in [1.82, 2.24) is 15.1 Å². The van der Waals surface area contributed by atoms with Gasteiger partial charge in [0.1, 0.15) is 0 Å². The number of carbonyl (C=O) groups excluding carboxylic acids is 1. The van der Waals surface area contributed by atoms with Gasteiger partial charge in [-0.2, -0.15) is 5.10 Å². The van der Waals surface area contributed by atoms with E-state index in [-0.39, 0.29) is 5.91 Å². The van der Waals surface area contributed by atoms with Gasteiger partial charge in [0.05, 0.1) is 16.8 Å². The van der Waals surface area contributed by atoms with Gasteiger partial charge in [0, 0.05) is 6.20 Å². The van der Waals surface area contributed by atoms with Crippen LogP contribution in [-0.2, 0) is 0 Å². The summed E-state index contributed by atoms with van der Waals surface area (Å²) in [5.41, 5.74) is -0.597. The molecule has 5 heteroatoms. The lowest BCUT2D eigenvalue weighted by atomic mass is 9.86. The molecule has 0 spiro atoms. The van der Waals surface area contributed by atoms with E-state index in [1.54, 1.807) is 44.6 Å². The molecule has 0 aliphatic carbocycles. The molecule has 0 bridgehead atoms. The first-order chi connectivity index (χ1) is 9.71. The van der Waals surface area contributed by atoms with E-state index >= 15 is 0 Å². The molecule has 0 fully saturated rings. The zero-order valence-electron chi connectivity index (χ0n) is 12.8. The molecule has 1 amide bonds. The second-order valence-electron chi connectivity index (χ2n) is 6.12. The van der Waals surface area contributed by atoms with Gasteiger partial charge >= 0.3 is 0 Å². The Labute approximate surface area is 124 Å². The molecule has 0 unspecified atom stereocenters. The van der Waals surface area contributed by atoms with E-state index in [9.17, 15) is 9.90 Å². The molecule has 1 aromatic carbocycles. The Bertz CT molecular complexity index is 624. The van der Waals surface area contributed by atoms with Crippen LogP contribution in [0.4, 0.5) is 0 Å². The smallest absolute Gasteiger partial charge is 0.272 e. The quantitative estimate of drug-likeness (QED) is 0.905. The maximum absolute atomic E-state index is 12.3. The average Bonchev–Trinajstić information content (AvgIpc) is 2.87. The minimum absolute atomic E-state index is 0.309. The first-order valence-electron chi connectivity index (χ1n) is 6.87. The summed E-state index contributed by atoms with van der Waals surface area (Å²) in [5.74, 6) is -0.309. The van der Waals surface area contributed by atoms with Crippen molar-refractivity contribution >= 4 is 5.91 Å². The number of amides is 1. The summed E-state index contributed by atoms with van der Waals surface area (Å²) in [7, 11) is 0. The molecule has 0 radical (unpaired) electrons. The van der Waals surface area contributed by atoms with Crippen LogP contribution in [0.3, 0.4) is 0 Å². The Balaban J connectivity index is 2.17. The van der Waals surface area contributed by atoms with Crippen molar-refractivity contribution in [3.05, 3.63) is 48.3 Å². The average molecular weight is 287 g/mol. The first-order valence-corrected chi connectivity index (χ1v) is 6.87. The third kappa shape index (κ3) is 3.31. The maximum Gasteiger partial charge on any atom is 0.272 e. The highest BCUT2D eigenvalue weighted by molar-refractivity contribution is 5.92. The van der Waals surface area contributed by atoms with Gasteiger partial charge in [-0.15, -0.1) is 0 Å². The number of rotatable bonds is 4. The number of aliphatic hydroxyl groups is 1. The summed E-state index contributed by atoms with van der Waals surface area (Å²) in [5, 5.41) is 17.2. The fourth-order valence-corrected chi connectivity index (χ4v) is 1.67. The third-order valence-electron chi connectivity index (χ3n) is 3.80. The highest BCUT2D eigenvalue weighted by Crippen LogP contribution is 2.21. The predicted octanol–water partition coefficient (Wildman–Crippen LogP) is 2.15. The lowest BCUT2D eigenvalue weighted by Gasteiger charge is -2.37. The Kier molecular flexibility index (Phi) is 3.87. The molecule has 2 aromatic rings. The molecule has 112 valence electrons. The molecule has 21 heavy (non-hydrogen) atoms. The predicted molar refractivity (Wildman–Crippen MR) is 81.4 cm³/mol. The Morgan fingerprint density at radius 2 is 1.76 bits per heavy atom. The van der Waals surface area contributed by atoms with E-state index in [2.05, 4.69) is 10.4 Å². The maximum atomic E-state index is 12.3. The van der Waals surface area contributed by atoms with Crippen LogP contribution < -0.4 is 5.32 Å². The minimum Gasteiger partial charge on any atom is -0.388 e. The number of para-hydroxylation sites is 1. The first kappa shape index (κ1) is 15.3. The van der Waals surface area contributed by atoms with E-state index in [4.69, 9.17) is 0 Å². The topological polar surface area (TPSA) is 67.2 Å². The normalized spacial score (nSPS) is 12.2. The van der Waals surface area contributed by atoms with Gasteiger partial charge in [0.25, 0.3) is 5.91 Å². The number of hydrogen-bond acceptors (Lipinski definition) is 3. The fraction of sp³-hybridized carbons (Fsp3) is 0.375. The van der Waals surface area contributed by atoms with Crippen molar-refractivity contribution in [2.45, 2.75) is 38.8 Å². The Morgan fingerprint density at radius 1 is 1.14 bits per heavy atom. The van der Waals surface area contributed by atoms with Crippen molar-refractivity contribution in [3.8, 4) is 5.69 Å². The standard InChI is InChI=1S/C16H21N3O2/c1-15(2,16(3,4)21)17-14(20)13-10-11-19(18-13)12-8-6-5-7-9-12/h5-11,21H,1-4H3,(H,17,20). The summed E-state index contributed by atoms with van der Waals surface area (Å²) in [6.07, 6.45) is 1.74. The number of hydrogen-bond donors (Lipinski definition) is 2. The van der Waals surface area contributed by atoms with Crippen LogP contribution in [-0.4, -0.2) is 31.9 Å². The molecule has 0 saturated heterocycles. The second-order valence-corrected chi connectivity index (χ2v) is 6.12. The van der Waals surface area contributed by atoms with Crippen LogP contribution in [0.15, 0.2) is 42.6 Å². The molecule has 5 nitrogen and oxygen atoms in total. The fourth-order valence-electron chi connectivity index (χ4n) is 1.67. The van der Waals surface area contributed by atoms with Gasteiger partial charge in [-0.05, 0) is 45.9 Å². The van der Waals surface area contributed by atoms with Crippen molar-refractivity contribution in [2.24, 2.45) is 0 Å². The summed E-state index contributed by atoms with van der Waals surface area (Å²) < 4.78 is 1.64. The number of carbonyl (C=O) groups is 1. The van der Waals surface area contributed by atoms with Crippen molar-refractivity contribution in [3.63, 3.8) is 0 Å². The minimum atomic E-state index is -1.04. The molecule has 0 aliphatic rings. The molecular formula is C16H21N3O2. The summed E-state index contributed by atoms with van der Waals surface area (Å²) in [6, 6.07) is 11.2. The van der Waals surface area contributed by atoms with Crippen LogP contribution in [0.5, 0.6) is 0 Å². The van der Waals surface area contributed by atoms with Crippen LogP contribution >= 0.6 is 0 Å². The number of nitrogens with one attached hydrogen (secondary N) is 1. The van der Waals surface area contributed by atoms with E-state index in [1.807, 2.05) is 30.3 Å². The summed E-state index contributed by atoms with van der Waals surface area (Å²) >= 11 is 0. The van der Waals surface area contributed by atoms with E-state index in [1.165, 1.54) is 0 Å². The van der Waals surface area contributed by atoms with Gasteiger partial charge in [0.2, 0.25) is 0 Å². The van der Waals surface area contributed by atoms with E-state index in [0.29, 0.717) is 5.69 Å². The zero-order chi connectivity index (χ0) is 15.7. The highest BCUT2D eigenvalue weighted by Gasteiger charge is 2.36. The van der Waals surface area contributed by atoms with Crippen LogP contribution in [0.25, 0.3) is 5.69 Å². The van der Waals surface area contributed by atoms with Crippen molar-refractivity contribution in [1.29, 1.82) is 0 Å². The Hall–Kier alpha value is -2.14. The van der Waals surface area contributed by atoms with Crippen LogP contribution in [0, 0.1) is 0 Å². The van der Waals surface area contributed by atoms with Gasteiger partial charge in [-0.1, -0.05) is 18.2 Å². The molecule has 0 aliphatic heterocycles. The van der Waals surface area contributed by atoms with Crippen molar-refractivity contribution in [2.75, 3.05) is 0 Å². The zero-order valence-corrected chi connectivity index (χ0v) is 12.8. The lowest BCUT2D eigenvalue weighted by molar-refractivity contribution is -0.00303. The van der Waals surface area contributed by atoms with Gasteiger partial charge in [-0.25, -0.2) is 4.68 Å². The Morgan fingerprint density at radius 3 is 2.33 bits per heavy atom. The summed E-state index contributed by atoms with van der Waals surface area (Å²) in [6.45, 7) is 6.88. The van der Waals surface area contributed by atoms with Crippen LogP contribution in [0.1, 0.15) is 38.2 Å². The molecule has 1 aromatic heterocycles. The molecule has 0 saturated carbocycles. The molecule has 2 rings (SSSR count). The molecule has 1 heterocycles. The SMILES string of the molecule is CC(C)(O)C(C)(C)NC(=O)c1ccn(-c2ccccc2)n1. The van der Waals surface area contributed by atoms with E-state index < -0.39 is 11.1 Å². The number of aromatic nitrogens is 2. The van der Waals surface area contributed by atoms with E-state index in [0.717, 1.165) is 5.69 Å². The molecule has 2 N–H and O–H groups in total. The van der Waals surface area contributed by atoms with Crippen molar-refractivity contribution < 1.29 is 9.90 Å². The number of benzene rings is 1. The molecule has 0 atom stereocenters. The molecular weight excluding hydrogens is 266 g/mol. The monoisotopic (exact) mass is 287 g/mol. The second kappa shape index (κ2) is 5.33. The van der Waals surface area contributed by atoms with Crippen LogP contribution in [0.2, 0.25) is 0 Å². The van der Waals surface area contributed by atoms with Gasteiger partial charge in [-0.3, -0.25) is 4.79 Å². The van der Waals surface area contributed by atoms with Gasteiger partial charge < -0.3 is 10.4 Å². The largest absolute Gasteiger partial charge is 0.388 e. The third-order valence-corrected chi connectivity index (χ3v) is 3.80. The number of nitrogens with zero attached hydrogens (tertiary/aromatic N) is 2. The highest BCUT2D eigenvalue weighted by atomic mass is 16.3. The summed E-state index contributed by atoms with van der Waals surface area (Å²) in [4.78, 5) is 12.3. The lowest BCUT2D eigenvalue weighted by Crippen LogP contribution is -2.57. The van der Waals surface area contributed by atoms with Gasteiger partial charge in [0.15, 0.2) is 5.69 Å².